The molecule has 3 aromatic rings. The number of nitrogens with zero attached hydrogens (tertiary/aromatic N) is 2. The van der Waals surface area contributed by atoms with Crippen molar-refractivity contribution in [3.05, 3.63) is 52.2 Å². The van der Waals surface area contributed by atoms with E-state index in [9.17, 15) is 8.42 Å². The SMILES string of the molecule is Cc1cc(S(=O)(=O)N(C)C)cc(NCc2nc(-c3cccs3)oc2C)c1C. The minimum atomic E-state index is -3.49. The minimum absolute atomic E-state index is 0.272. The highest BCUT2D eigenvalue weighted by molar-refractivity contribution is 7.89. The molecule has 0 aliphatic carbocycles. The molecular formula is C19H23N3O3S2. The molecule has 2 aromatic heterocycles. The lowest BCUT2D eigenvalue weighted by molar-refractivity contribution is 0.520. The molecule has 2 heterocycles. The molecule has 0 unspecified atom stereocenters. The van der Waals surface area contributed by atoms with E-state index < -0.39 is 10.0 Å². The number of hydrogen-bond donors (Lipinski definition) is 1. The number of thiophene rings is 1. The number of oxazole rings is 1. The van der Waals surface area contributed by atoms with Crippen LogP contribution in [0.15, 0.2) is 39.0 Å². The lowest BCUT2D eigenvalue weighted by Crippen LogP contribution is -2.22. The van der Waals surface area contributed by atoms with Crippen molar-refractivity contribution in [3.63, 3.8) is 0 Å². The molecule has 27 heavy (non-hydrogen) atoms. The maximum atomic E-state index is 12.5. The van der Waals surface area contributed by atoms with Crippen LogP contribution in [0.5, 0.6) is 0 Å². The molecule has 0 fully saturated rings. The predicted molar refractivity (Wildman–Crippen MR) is 109 cm³/mol. The first-order valence-corrected chi connectivity index (χ1v) is 10.8. The molecule has 0 bridgehead atoms. The number of anilines is 1. The van der Waals surface area contributed by atoms with E-state index in [2.05, 4.69) is 10.3 Å². The van der Waals surface area contributed by atoms with E-state index >= 15 is 0 Å². The minimum Gasteiger partial charge on any atom is -0.440 e. The number of nitrogens with one attached hydrogen (secondary N) is 1. The Morgan fingerprint density at radius 1 is 1.22 bits per heavy atom. The summed E-state index contributed by atoms with van der Waals surface area (Å²) in [5, 5.41) is 5.30. The Morgan fingerprint density at radius 2 is 1.96 bits per heavy atom. The van der Waals surface area contributed by atoms with Crippen LogP contribution >= 0.6 is 11.3 Å². The monoisotopic (exact) mass is 405 g/mol. The third-order valence-electron chi connectivity index (χ3n) is 4.49. The summed E-state index contributed by atoms with van der Waals surface area (Å²) in [5.41, 5.74) is 3.50. The number of hydrogen-bond acceptors (Lipinski definition) is 6. The summed E-state index contributed by atoms with van der Waals surface area (Å²) in [5.74, 6) is 1.36. The summed E-state index contributed by atoms with van der Waals surface area (Å²) in [4.78, 5) is 5.83. The largest absolute Gasteiger partial charge is 0.440 e. The molecule has 3 rings (SSSR count). The van der Waals surface area contributed by atoms with Crippen molar-refractivity contribution in [2.45, 2.75) is 32.2 Å². The number of sulfonamides is 1. The van der Waals surface area contributed by atoms with E-state index in [4.69, 9.17) is 4.42 Å². The van der Waals surface area contributed by atoms with Crippen LogP contribution in [0.2, 0.25) is 0 Å². The van der Waals surface area contributed by atoms with Crippen LogP contribution in [0, 0.1) is 20.8 Å². The second-order valence-corrected chi connectivity index (χ2v) is 9.65. The Bertz CT molecular complexity index is 1050. The van der Waals surface area contributed by atoms with Crippen molar-refractivity contribution >= 4 is 27.0 Å². The van der Waals surface area contributed by atoms with Gasteiger partial charge in [0, 0.05) is 19.8 Å². The normalized spacial score (nSPS) is 11.9. The van der Waals surface area contributed by atoms with E-state index in [0.717, 1.165) is 33.1 Å². The van der Waals surface area contributed by atoms with Crippen LogP contribution < -0.4 is 5.32 Å². The summed E-state index contributed by atoms with van der Waals surface area (Å²) >= 11 is 1.58. The number of benzene rings is 1. The van der Waals surface area contributed by atoms with Gasteiger partial charge in [-0.3, -0.25) is 0 Å². The summed E-state index contributed by atoms with van der Waals surface area (Å²) in [6, 6.07) is 7.30. The first-order chi connectivity index (χ1) is 12.7. The highest BCUT2D eigenvalue weighted by Crippen LogP contribution is 2.28. The van der Waals surface area contributed by atoms with Crippen molar-refractivity contribution in [2.24, 2.45) is 0 Å². The fourth-order valence-corrected chi connectivity index (χ4v) is 4.31. The van der Waals surface area contributed by atoms with Crippen molar-refractivity contribution in [1.82, 2.24) is 9.29 Å². The van der Waals surface area contributed by atoms with Gasteiger partial charge in [-0.2, -0.15) is 0 Å². The Morgan fingerprint density at radius 3 is 2.59 bits per heavy atom. The third kappa shape index (κ3) is 3.92. The maximum absolute atomic E-state index is 12.5. The standard InChI is InChI=1S/C19H23N3O3S2/c1-12-9-15(27(23,24)22(4)5)10-16(13(12)2)20-11-17-14(3)25-19(21-17)18-7-6-8-26-18/h6-10,20H,11H2,1-5H3. The van der Waals surface area contributed by atoms with Crippen LogP contribution in [-0.2, 0) is 16.6 Å². The summed E-state index contributed by atoms with van der Waals surface area (Å²) in [6.07, 6.45) is 0. The van der Waals surface area contributed by atoms with Crippen LogP contribution in [0.25, 0.3) is 10.8 Å². The number of rotatable bonds is 6. The van der Waals surface area contributed by atoms with Gasteiger partial charge in [0.25, 0.3) is 0 Å². The first kappa shape index (κ1) is 19.6. The molecule has 0 atom stereocenters. The average molecular weight is 406 g/mol. The molecule has 0 amide bonds. The third-order valence-corrected chi connectivity index (χ3v) is 7.14. The topological polar surface area (TPSA) is 75.4 Å². The van der Waals surface area contributed by atoms with Gasteiger partial charge < -0.3 is 9.73 Å². The lowest BCUT2D eigenvalue weighted by Gasteiger charge is -2.16. The van der Waals surface area contributed by atoms with Gasteiger partial charge in [0.1, 0.15) is 11.5 Å². The predicted octanol–water partition coefficient (Wildman–Crippen LogP) is 4.19. The lowest BCUT2D eigenvalue weighted by atomic mass is 10.1. The summed E-state index contributed by atoms with van der Waals surface area (Å²) in [6.45, 7) is 6.21. The second-order valence-electron chi connectivity index (χ2n) is 6.55. The summed E-state index contributed by atoms with van der Waals surface area (Å²) in [7, 11) is -0.434. The van der Waals surface area contributed by atoms with Gasteiger partial charge >= 0.3 is 0 Å². The zero-order valence-corrected chi connectivity index (χ0v) is 17.7. The van der Waals surface area contributed by atoms with Crippen molar-refractivity contribution < 1.29 is 12.8 Å². The highest BCUT2D eigenvalue weighted by atomic mass is 32.2. The van der Waals surface area contributed by atoms with Gasteiger partial charge in [-0.1, -0.05) is 6.07 Å². The second kappa shape index (κ2) is 7.46. The quantitative estimate of drug-likeness (QED) is 0.665. The van der Waals surface area contributed by atoms with E-state index in [1.54, 1.807) is 23.5 Å². The zero-order chi connectivity index (χ0) is 19.8. The Balaban J connectivity index is 1.87. The molecule has 0 spiro atoms. The Kier molecular flexibility index (Phi) is 5.41. The molecule has 0 aliphatic heterocycles. The van der Waals surface area contributed by atoms with Crippen LogP contribution in [0.3, 0.4) is 0 Å². The van der Waals surface area contributed by atoms with E-state index in [-0.39, 0.29) is 4.90 Å². The Hall–Kier alpha value is -2.16. The molecule has 0 radical (unpaired) electrons. The molecule has 8 heteroatoms. The molecule has 0 saturated heterocycles. The van der Waals surface area contributed by atoms with Gasteiger partial charge in [0.05, 0.1) is 16.3 Å². The van der Waals surface area contributed by atoms with Crippen LogP contribution in [0.1, 0.15) is 22.6 Å². The molecule has 0 aliphatic rings. The van der Waals surface area contributed by atoms with Crippen molar-refractivity contribution in [1.29, 1.82) is 0 Å². The van der Waals surface area contributed by atoms with Gasteiger partial charge in [-0.25, -0.2) is 17.7 Å². The van der Waals surface area contributed by atoms with Crippen LogP contribution in [-0.4, -0.2) is 31.8 Å². The zero-order valence-electron chi connectivity index (χ0n) is 16.0. The van der Waals surface area contributed by atoms with E-state index in [0.29, 0.717) is 12.4 Å². The number of aromatic nitrogens is 1. The van der Waals surface area contributed by atoms with Crippen LogP contribution in [0.4, 0.5) is 5.69 Å². The van der Waals surface area contributed by atoms with E-state index in [1.165, 1.54) is 18.4 Å². The Labute approximate surface area is 163 Å². The molecule has 6 nitrogen and oxygen atoms in total. The molecule has 0 saturated carbocycles. The highest BCUT2D eigenvalue weighted by Gasteiger charge is 2.20. The maximum Gasteiger partial charge on any atom is 0.242 e. The summed E-state index contributed by atoms with van der Waals surface area (Å²) < 4.78 is 32.0. The number of aryl methyl sites for hydroxylation is 2. The first-order valence-electron chi connectivity index (χ1n) is 8.48. The molecule has 144 valence electrons. The van der Waals surface area contributed by atoms with Gasteiger partial charge in [-0.05, 0) is 55.5 Å². The fraction of sp³-hybridized carbons (Fsp3) is 0.316. The molecule has 1 aromatic carbocycles. The molecular weight excluding hydrogens is 382 g/mol. The van der Waals surface area contributed by atoms with Gasteiger partial charge in [0.2, 0.25) is 15.9 Å². The smallest absolute Gasteiger partial charge is 0.242 e. The van der Waals surface area contributed by atoms with Gasteiger partial charge in [-0.15, -0.1) is 11.3 Å². The van der Waals surface area contributed by atoms with Crippen molar-refractivity contribution in [2.75, 3.05) is 19.4 Å². The van der Waals surface area contributed by atoms with Crippen molar-refractivity contribution in [3.8, 4) is 10.8 Å². The van der Waals surface area contributed by atoms with Gasteiger partial charge in [0.15, 0.2) is 0 Å². The fourth-order valence-electron chi connectivity index (χ4n) is 2.65. The molecule has 1 N–H and O–H groups in total. The average Bonchev–Trinajstić information content (AvgIpc) is 3.25. The van der Waals surface area contributed by atoms with E-state index in [1.807, 2.05) is 38.3 Å².